The van der Waals surface area contributed by atoms with Gasteiger partial charge in [0.2, 0.25) is 0 Å². The molecule has 8 heteroatoms. The first-order valence-corrected chi connectivity index (χ1v) is 28.5. The van der Waals surface area contributed by atoms with Crippen molar-refractivity contribution in [2.75, 3.05) is 41.0 Å². The van der Waals surface area contributed by atoms with Crippen LogP contribution in [0, 0.1) is 0 Å². The van der Waals surface area contributed by atoms with Crippen LogP contribution in [0.15, 0.2) is 36.5 Å². The number of hydrogen-bond acceptors (Lipinski definition) is 6. The van der Waals surface area contributed by atoms with E-state index in [9.17, 15) is 19.5 Å². The summed E-state index contributed by atoms with van der Waals surface area (Å²) in [5, 5.41) is 9.68. The van der Waals surface area contributed by atoms with Gasteiger partial charge in [0.25, 0.3) is 0 Å². The van der Waals surface area contributed by atoms with E-state index < -0.39 is 18.1 Å². The maximum absolute atomic E-state index is 12.8. The molecule has 8 nitrogen and oxygen atoms in total. The van der Waals surface area contributed by atoms with Crippen LogP contribution in [0.1, 0.15) is 271 Å². The Morgan fingerprint density at radius 2 is 0.836 bits per heavy atom. The zero-order valence-corrected chi connectivity index (χ0v) is 44.9. The number of carboxylic acid groups (broad SMARTS) is 1. The average Bonchev–Trinajstić information content (AvgIpc) is 3.29. The topological polar surface area (TPSA) is 99.1 Å². The molecular weight excluding hydrogens is 835 g/mol. The number of esters is 2. The van der Waals surface area contributed by atoms with Crippen molar-refractivity contribution in [3.63, 3.8) is 0 Å². The molecule has 0 saturated heterocycles. The summed E-state index contributed by atoms with van der Waals surface area (Å²) in [7, 11) is 5.55. The fourth-order valence-corrected chi connectivity index (χ4v) is 8.70. The molecular formula is C59H110NO7+. The molecule has 2 unspecified atom stereocenters. The van der Waals surface area contributed by atoms with Gasteiger partial charge in [0, 0.05) is 19.3 Å². The van der Waals surface area contributed by atoms with Crippen LogP contribution in [0.25, 0.3) is 0 Å². The molecule has 0 aromatic heterocycles. The summed E-state index contributed by atoms with van der Waals surface area (Å²) in [4.78, 5) is 37.3. The number of carbonyl (C=O) groups is 3. The number of unbranched alkanes of at least 4 members (excludes halogenated alkanes) is 32. The highest BCUT2D eigenvalue weighted by atomic mass is 16.6. The minimum Gasteiger partial charge on any atom is -0.477 e. The Morgan fingerprint density at radius 1 is 0.463 bits per heavy atom. The van der Waals surface area contributed by atoms with Crippen molar-refractivity contribution >= 4 is 17.9 Å². The van der Waals surface area contributed by atoms with Crippen molar-refractivity contribution in [3.8, 4) is 0 Å². The highest BCUT2D eigenvalue weighted by Gasteiger charge is 2.31. The van der Waals surface area contributed by atoms with E-state index in [2.05, 4.69) is 50.3 Å². The van der Waals surface area contributed by atoms with E-state index in [-0.39, 0.29) is 36.2 Å². The number of aliphatic carboxylic acids is 1. The van der Waals surface area contributed by atoms with Gasteiger partial charge in [-0.05, 0) is 44.9 Å². The first-order valence-electron chi connectivity index (χ1n) is 28.5. The first-order chi connectivity index (χ1) is 32.6. The third kappa shape index (κ3) is 48.4. The SMILES string of the molecule is CC/C=C/C/C=C/C/C=C/CCCCCCCCCCCCC(=O)OC(COCCC(C(=O)O)[N+](C)(C)C)COC(=O)CCCCCCCCCCCCCCCCCCCCCCCCC. The number of carboxylic acids is 1. The van der Waals surface area contributed by atoms with Crippen LogP contribution in [0.3, 0.4) is 0 Å². The van der Waals surface area contributed by atoms with E-state index in [4.69, 9.17) is 14.2 Å². The Labute approximate surface area is 414 Å². The van der Waals surface area contributed by atoms with Gasteiger partial charge < -0.3 is 23.8 Å². The van der Waals surface area contributed by atoms with Crippen molar-refractivity contribution in [1.82, 2.24) is 0 Å². The van der Waals surface area contributed by atoms with Crippen LogP contribution in [0.5, 0.6) is 0 Å². The number of nitrogens with zero attached hydrogens (tertiary/aromatic N) is 1. The minimum absolute atomic E-state index is 0.0483. The highest BCUT2D eigenvalue weighted by Crippen LogP contribution is 2.17. The molecule has 0 amide bonds. The highest BCUT2D eigenvalue weighted by molar-refractivity contribution is 5.72. The Kier molecular flexibility index (Phi) is 48.1. The minimum atomic E-state index is -0.872. The van der Waals surface area contributed by atoms with Gasteiger partial charge >= 0.3 is 17.9 Å². The number of ether oxygens (including phenoxy) is 3. The van der Waals surface area contributed by atoms with Crippen molar-refractivity contribution in [2.45, 2.75) is 283 Å². The van der Waals surface area contributed by atoms with Crippen molar-refractivity contribution in [1.29, 1.82) is 0 Å². The molecule has 0 bridgehead atoms. The predicted octanol–water partition coefficient (Wildman–Crippen LogP) is 16.9. The van der Waals surface area contributed by atoms with E-state index in [1.54, 1.807) is 0 Å². The smallest absolute Gasteiger partial charge is 0.362 e. The maximum atomic E-state index is 12.8. The van der Waals surface area contributed by atoms with E-state index in [0.717, 1.165) is 57.8 Å². The monoisotopic (exact) mass is 945 g/mol. The molecule has 2 atom stereocenters. The van der Waals surface area contributed by atoms with Gasteiger partial charge in [0.1, 0.15) is 6.61 Å². The fourth-order valence-electron chi connectivity index (χ4n) is 8.70. The van der Waals surface area contributed by atoms with Gasteiger partial charge in [-0.1, -0.05) is 243 Å². The molecule has 0 aliphatic heterocycles. The van der Waals surface area contributed by atoms with Gasteiger partial charge in [-0.25, -0.2) is 4.79 Å². The van der Waals surface area contributed by atoms with Crippen LogP contribution >= 0.6 is 0 Å². The quantitative estimate of drug-likeness (QED) is 0.0281. The molecule has 392 valence electrons. The zero-order valence-electron chi connectivity index (χ0n) is 44.9. The summed E-state index contributed by atoms with van der Waals surface area (Å²) in [6.07, 6.45) is 60.6. The number of quaternary nitrogens is 1. The summed E-state index contributed by atoms with van der Waals surface area (Å²) in [5.74, 6) is -1.45. The summed E-state index contributed by atoms with van der Waals surface area (Å²) in [6, 6.07) is -0.615. The normalized spacial score (nSPS) is 13.0. The van der Waals surface area contributed by atoms with Crippen LogP contribution in [-0.4, -0.2) is 80.6 Å². The lowest BCUT2D eigenvalue weighted by atomic mass is 10.0. The second-order valence-electron chi connectivity index (χ2n) is 20.5. The summed E-state index contributed by atoms with van der Waals surface area (Å²) < 4.78 is 17.4. The molecule has 67 heavy (non-hydrogen) atoms. The average molecular weight is 946 g/mol. The number of rotatable bonds is 52. The Bertz CT molecular complexity index is 1190. The lowest BCUT2D eigenvalue weighted by Crippen LogP contribution is -2.50. The molecule has 0 aliphatic rings. The molecule has 0 fully saturated rings. The predicted molar refractivity (Wildman–Crippen MR) is 285 cm³/mol. The molecule has 0 aliphatic carbocycles. The molecule has 0 rings (SSSR count). The number of likely N-dealkylation sites (N-methyl/N-ethyl adjacent to an activating group) is 1. The van der Waals surface area contributed by atoms with Crippen molar-refractivity contribution in [3.05, 3.63) is 36.5 Å². The Balaban J connectivity index is 4.13. The standard InChI is InChI=1S/C59H109NO7/c1-6-8-10-12-14-16-18-20-22-24-26-28-29-30-32-33-35-37-39-41-43-45-47-49-57(61)66-54-55(53-65-52-51-56(59(63)64)60(3,4)5)67-58(62)50-48-46-44-42-40-38-36-34-31-27-25-23-21-19-17-15-13-11-9-7-2/h9,11,15,17,21,23,55-56H,6-8,10,12-14,16,18-20,22,24-54H2,1-5H3/p+1/b11-9+,17-15+,23-21+. The zero-order chi connectivity index (χ0) is 49.2. The second-order valence-corrected chi connectivity index (χ2v) is 20.5. The summed E-state index contributed by atoms with van der Waals surface area (Å²) >= 11 is 0. The van der Waals surface area contributed by atoms with E-state index in [1.165, 1.54) is 180 Å². The van der Waals surface area contributed by atoms with Crippen LogP contribution < -0.4 is 0 Å². The molecule has 0 radical (unpaired) electrons. The molecule has 0 heterocycles. The van der Waals surface area contributed by atoms with Crippen LogP contribution in [-0.2, 0) is 28.6 Å². The van der Waals surface area contributed by atoms with Crippen LogP contribution in [0.2, 0.25) is 0 Å². The van der Waals surface area contributed by atoms with E-state index in [0.29, 0.717) is 19.3 Å². The molecule has 0 spiro atoms. The van der Waals surface area contributed by atoms with E-state index in [1.807, 2.05) is 21.1 Å². The van der Waals surface area contributed by atoms with Gasteiger partial charge in [0.05, 0.1) is 34.4 Å². The lowest BCUT2D eigenvalue weighted by molar-refractivity contribution is -0.887. The van der Waals surface area contributed by atoms with Gasteiger partial charge in [-0.2, -0.15) is 0 Å². The van der Waals surface area contributed by atoms with Crippen molar-refractivity contribution < 1.29 is 38.2 Å². The molecule has 0 aromatic carbocycles. The molecule has 0 aromatic rings. The summed E-state index contributed by atoms with van der Waals surface area (Å²) in [6.45, 7) is 4.68. The third-order valence-electron chi connectivity index (χ3n) is 13.1. The van der Waals surface area contributed by atoms with Crippen LogP contribution in [0.4, 0.5) is 0 Å². The lowest BCUT2D eigenvalue weighted by Gasteiger charge is -2.31. The molecule has 1 N–H and O–H groups in total. The fraction of sp³-hybridized carbons (Fsp3) is 0.847. The Morgan fingerprint density at radius 3 is 1.24 bits per heavy atom. The van der Waals surface area contributed by atoms with E-state index >= 15 is 0 Å². The largest absolute Gasteiger partial charge is 0.477 e. The van der Waals surface area contributed by atoms with Gasteiger partial charge in [-0.3, -0.25) is 9.59 Å². The number of carbonyl (C=O) groups excluding carboxylic acids is 2. The number of allylic oxidation sites excluding steroid dienone is 6. The van der Waals surface area contributed by atoms with Crippen molar-refractivity contribution in [2.24, 2.45) is 0 Å². The maximum Gasteiger partial charge on any atom is 0.362 e. The van der Waals surface area contributed by atoms with Gasteiger partial charge in [-0.15, -0.1) is 0 Å². The third-order valence-corrected chi connectivity index (χ3v) is 13.1. The molecule has 0 saturated carbocycles. The number of hydrogen-bond donors (Lipinski definition) is 1. The van der Waals surface area contributed by atoms with Gasteiger partial charge in [0.15, 0.2) is 12.1 Å². The first kappa shape index (κ1) is 64.5. The Hall–Kier alpha value is -2.45. The second kappa shape index (κ2) is 50.0. The summed E-state index contributed by atoms with van der Waals surface area (Å²) in [5.41, 5.74) is 0.